The smallest absolute Gasteiger partial charge is 0.240 e. The van der Waals surface area contributed by atoms with Crippen molar-refractivity contribution in [3.05, 3.63) is 47.6 Å². The highest BCUT2D eigenvalue weighted by Gasteiger charge is 2.34. The second-order valence-corrected chi connectivity index (χ2v) is 9.54. The first-order valence-corrected chi connectivity index (χ1v) is 11.2. The molecule has 4 rings (SSSR count). The third kappa shape index (κ3) is 3.57. The maximum absolute atomic E-state index is 13.3. The van der Waals surface area contributed by atoms with Crippen LogP contribution in [0, 0.1) is 5.82 Å². The molecule has 2 unspecified atom stereocenters. The summed E-state index contributed by atoms with van der Waals surface area (Å²) in [4.78, 5) is 6.88. The van der Waals surface area contributed by atoms with Crippen LogP contribution < -0.4 is 4.90 Å². The molecule has 0 amide bonds. The van der Waals surface area contributed by atoms with Gasteiger partial charge in [-0.2, -0.15) is 4.98 Å². The molecular weight excluding hydrogens is 403 g/mol. The highest BCUT2D eigenvalue weighted by molar-refractivity contribution is 7.91. The Kier molecular flexibility index (Phi) is 4.98. The zero-order chi connectivity index (χ0) is 19.9. The summed E-state index contributed by atoms with van der Waals surface area (Å²) in [5, 5.41) is 1.70. The summed E-state index contributed by atoms with van der Waals surface area (Å²) in [7, 11) is -3.99. The van der Waals surface area contributed by atoms with E-state index in [0.717, 1.165) is 17.0 Å². The molecule has 6 nitrogen and oxygen atoms in total. The van der Waals surface area contributed by atoms with Gasteiger partial charge in [0, 0.05) is 13.1 Å². The van der Waals surface area contributed by atoms with Crippen LogP contribution in [0.25, 0.3) is 10.8 Å². The van der Waals surface area contributed by atoms with Crippen LogP contribution >= 0.6 is 11.3 Å². The molecule has 2 aromatic heterocycles. The van der Waals surface area contributed by atoms with Crippen molar-refractivity contribution in [2.24, 2.45) is 0 Å². The van der Waals surface area contributed by atoms with Crippen molar-refractivity contribution < 1.29 is 22.0 Å². The van der Waals surface area contributed by atoms with E-state index in [-0.39, 0.29) is 33.9 Å². The van der Waals surface area contributed by atoms with Crippen molar-refractivity contribution in [2.75, 3.05) is 18.0 Å². The summed E-state index contributed by atoms with van der Waals surface area (Å²) in [6.45, 7) is 4.81. The van der Waals surface area contributed by atoms with E-state index in [1.54, 1.807) is 0 Å². The highest BCUT2D eigenvalue weighted by Crippen LogP contribution is 2.37. The van der Waals surface area contributed by atoms with Crippen molar-refractivity contribution >= 4 is 27.1 Å². The first kappa shape index (κ1) is 19.1. The Morgan fingerprint density at radius 3 is 2.43 bits per heavy atom. The van der Waals surface area contributed by atoms with E-state index in [9.17, 15) is 12.8 Å². The van der Waals surface area contributed by atoms with Gasteiger partial charge < -0.3 is 14.1 Å². The van der Waals surface area contributed by atoms with Crippen LogP contribution in [0.4, 0.5) is 10.3 Å². The van der Waals surface area contributed by atoms with Crippen molar-refractivity contribution in [1.29, 1.82) is 0 Å². The molecule has 1 saturated heterocycles. The summed E-state index contributed by atoms with van der Waals surface area (Å²) < 4.78 is 51.5. The number of oxazole rings is 1. The monoisotopic (exact) mass is 422 g/mol. The molecule has 0 spiro atoms. The Morgan fingerprint density at radius 1 is 1.14 bits per heavy atom. The first-order valence-electron chi connectivity index (χ1n) is 8.80. The average molecular weight is 423 g/mol. The number of morpholine rings is 1. The molecule has 1 fully saturated rings. The summed E-state index contributed by atoms with van der Waals surface area (Å²) in [5.41, 5.74) is 0. The van der Waals surface area contributed by atoms with Gasteiger partial charge in [-0.3, -0.25) is 0 Å². The van der Waals surface area contributed by atoms with Crippen molar-refractivity contribution in [3.8, 4) is 10.8 Å². The van der Waals surface area contributed by atoms with Crippen LogP contribution in [0.5, 0.6) is 0 Å². The molecule has 3 aromatic rings. The lowest BCUT2D eigenvalue weighted by atomic mass is 10.2. The number of nitrogens with zero attached hydrogens (tertiary/aromatic N) is 2. The number of anilines is 1. The number of rotatable bonds is 4. The molecule has 0 aliphatic carbocycles. The van der Waals surface area contributed by atoms with Gasteiger partial charge >= 0.3 is 0 Å². The minimum absolute atomic E-state index is 0.0319. The predicted molar refractivity (Wildman–Crippen MR) is 104 cm³/mol. The Morgan fingerprint density at radius 2 is 1.82 bits per heavy atom. The van der Waals surface area contributed by atoms with Crippen LogP contribution in [0.2, 0.25) is 0 Å². The van der Waals surface area contributed by atoms with E-state index in [1.807, 2.05) is 36.3 Å². The summed E-state index contributed by atoms with van der Waals surface area (Å²) in [5.74, 6) is -0.0679. The van der Waals surface area contributed by atoms with Gasteiger partial charge in [0.25, 0.3) is 0 Å². The molecule has 1 aliphatic rings. The topological polar surface area (TPSA) is 72.6 Å². The second-order valence-electron chi connectivity index (χ2n) is 6.73. The SMILES string of the molecule is CC1CN(c2oc(-c3cccs3)nc2S(=O)(=O)c2ccc(F)cc2)CC(C)O1. The molecule has 148 valence electrons. The van der Waals surface area contributed by atoms with Gasteiger partial charge in [-0.15, -0.1) is 11.3 Å². The largest absolute Gasteiger partial charge is 0.418 e. The number of thiophene rings is 1. The molecule has 9 heteroatoms. The molecule has 0 bridgehead atoms. The van der Waals surface area contributed by atoms with Crippen LogP contribution in [0.1, 0.15) is 13.8 Å². The van der Waals surface area contributed by atoms with Gasteiger partial charge in [0.2, 0.25) is 26.6 Å². The molecule has 0 saturated carbocycles. The van der Waals surface area contributed by atoms with Crippen LogP contribution in [0.15, 0.2) is 56.1 Å². The molecule has 3 heterocycles. The van der Waals surface area contributed by atoms with Crippen molar-refractivity contribution in [3.63, 3.8) is 0 Å². The Labute approximate surface area is 166 Å². The van der Waals surface area contributed by atoms with E-state index in [1.165, 1.54) is 23.5 Å². The standard InChI is InChI=1S/C19H19FN2O4S2/c1-12-10-22(11-13(2)25-12)19-18(21-17(26-19)16-4-3-9-27-16)28(23,24)15-7-5-14(20)6-8-15/h3-9,12-13H,10-11H2,1-2H3. The molecule has 28 heavy (non-hydrogen) atoms. The van der Waals surface area contributed by atoms with Crippen molar-refractivity contribution in [2.45, 2.75) is 36.0 Å². The number of sulfone groups is 1. The zero-order valence-corrected chi connectivity index (χ0v) is 17.0. The van der Waals surface area contributed by atoms with E-state index < -0.39 is 15.7 Å². The van der Waals surface area contributed by atoms with Gasteiger partial charge in [0.05, 0.1) is 22.0 Å². The number of ether oxygens (including phenoxy) is 1. The lowest BCUT2D eigenvalue weighted by molar-refractivity contribution is -0.00657. The third-order valence-electron chi connectivity index (χ3n) is 4.40. The van der Waals surface area contributed by atoms with Gasteiger partial charge in [0.1, 0.15) is 5.82 Å². The van der Waals surface area contributed by atoms with E-state index >= 15 is 0 Å². The zero-order valence-electron chi connectivity index (χ0n) is 15.3. The number of hydrogen-bond donors (Lipinski definition) is 0. The molecule has 0 N–H and O–H groups in total. The Hall–Kier alpha value is -2.23. The third-order valence-corrected chi connectivity index (χ3v) is 6.92. The fourth-order valence-corrected chi connectivity index (χ4v) is 5.22. The van der Waals surface area contributed by atoms with Crippen LogP contribution in [0.3, 0.4) is 0 Å². The second kappa shape index (κ2) is 7.31. The van der Waals surface area contributed by atoms with Crippen molar-refractivity contribution in [1.82, 2.24) is 4.98 Å². The molecule has 1 aromatic carbocycles. The summed E-state index contributed by atoms with van der Waals surface area (Å²) in [6.07, 6.45) is -0.166. The Bertz CT molecular complexity index is 1050. The van der Waals surface area contributed by atoms with Crippen LogP contribution in [-0.4, -0.2) is 38.7 Å². The van der Waals surface area contributed by atoms with Gasteiger partial charge in [-0.05, 0) is 49.6 Å². The summed E-state index contributed by atoms with van der Waals surface area (Å²) >= 11 is 1.41. The first-order chi connectivity index (χ1) is 13.3. The number of hydrogen-bond acceptors (Lipinski definition) is 7. The highest BCUT2D eigenvalue weighted by atomic mass is 32.2. The van der Waals surface area contributed by atoms with E-state index in [0.29, 0.717) is 13.1 Å². The summed E-state index contributed by atoms with van der Waals surface area (Å²) in [6, 6.07) is 8.37. The average Bonchev–Trinajstić information content (AvgIpc) is 3.31. The van der Waals surface area contributed by atoms with E-state index in [4.69, 9.17) is 9.15 Å². The van der Waals surface area contributed by atoms with Gasteiger partial charge in [0.15, 0.2) is 0 Å². The number of aromatic nitrogens is 1. The number of benzene rings is 1. The van der Waals surface area contributed by atoms with Gasteiger partial charge in [-0.25, -0.2) is 12.8 Å². The minimum atomic E-state index is -3.99. The quantitative estimate of drug-likeness (QED) is 0.592. The molecular formula is C19H19FN2O4S2. The minimum Gasteiger partial charge on any atom is -0.418 e. The fraction of sp³-hybridized carbons (Fsp3) is 0.316. The molecule has 1 aliphatic heterocycles. The maximum atomic E-state index is 13.3. The Balaban J connectivity index is 1.84. The fourth-order valence-electron chi connectivity index (χ4n) is 3.25. The normalized spacial score (nSPS) is 20.5. The molecule has 0 radical (unpaired) electrons. The predicted octanol–water partition coefficient (Wildman–Crippen LogP) is 3.99. The van der Waals surface area contributed by atoms with Crippen LogP contribution in [-0.2, 0) is 14.6 Å². The lowest BCUT2D eigenvalue weighted by Gasteiger charge is -2.35. The number of halogens is 1. The van der Waals surface area contributed by atoms with Gasteiger partial charge in [-0.1, -0.05) is 6.07 Å². The van der Waals surface area contributed by atoms with E-state index in [2.05, 4.69) is 4.98 Å². The lowest BCUT2D eigenvalue weighted by Crippen LogP contribution is -2.45. The molecule has 2 atom stereocenters. The maximum Gasteiger partial charge on any atom is 0.240 e.